The number of ether oxygens (including phenoxy) is 3. The summed E-state index contributed by atoms with van der Waals surface area (Å²) < 4.78 is 15.5. The average Bonchev–Trinajstić information content (AvgIpc) is 2.67. The fraction of sp³-hybridized carbons (Fsp3) is 0.842. The Morgan fingerprint density at radius 3 is 2.11 bits per heavy atom. The molecule has 0 aliphatic carbocycles. The lowest BCUT2D eigenvalue weighted by Crippen LogP contribution is -2.31. The van der Waals surface area contributed by atoms with Gasteiger partial charge in [-0.15, -0.1) is 0 Å². The molecule has 0 fully saturated rings. The molecule has 0 bridgehead atoms. The number of rotatable bonds is 19. The van der Waals surface area contributed by atoms with E-state index in [1.165, 1.54) is 0 Å². The lowest BCUT2D eigenvalue weighted by molar-refractivity contribution is -0.127. The van der Waals surface area contributed by atoms with Gasteiger partial charge in [-0.1, -0.05) is 19.8 Å². The van der Waals surface area contributed by atoms with Gasteiger partial charge in [0.05, 0.1) is 19.8 Å². The van der Waals surface area contributed by atoms with E-state index in [4.69, 9.17) is 19.9 Å². The molecule has 1 atom stereocenters. The first-order valence-corrected chi connectivity index (χ1v) is 10.1. The number of nitrogens with two attached hydrogens (primary N) is 1. The Labute approximate surface area is 168 Å². The maximum Gasteiger partial charge on any atom is 0.246 e. The number of hydrogen-bond acceptors (Lipinski definition) is 6. The molecule has 0 saturated carbocycles. The SMILES string of the molecule is CCC[C@@H](CCCCNC(=O)COCCOCCNC(=O)COCC)C(N)=O. The molecule has 0 heterocycles. The summed E-state index contributed by atoms with van der Waals surface area (Å²) >= 11 is 0. The first kappa shape index (κ1) is 26.3. The summed E-state index contributed by atoms with van der Waals surface area (Å²) in [5.41, 5.74) is 5.36. The summed E-state index contributed by atoms with van der Waals surface area (Å²) in [6.07, 6.45) is 4.17. The van der Waals surface area contributed by atoms with Crippen LogP contribution in [0.25, 0.3) is 0 Å². The number of carbonyl (C=O) groups excluding carboxylic acids is 3. The van der Waals surface area contributed by atoms with Gasteiger partial charge in [0.1, 0.15) is 13.2 Å². The van der Waals surface area contributed by atoms with Crippen molar-refractivity contribution in [2.75, 3.05) is 52.7 Å². The van der Waals surface area contributed by atoms with E-state index in [1.54, 1.807) is 0 Å². The lowest BCUT2D eigenvalue weighted by Gasteiger charge is -2.12. The number of carbonyl (C=O) groups is 3. The number of unbranched alkanes of at least 4 members (excludes halogenated alkanes) is 1. The van der Waals surface area contributed by atoms with Crippen molar-refractivity contribution in [3.05, 3.63) is 0 Å². The minimum Gasteiger partial charge on any atom is -0.377 e. The predicted molar refractivity (Wildman–Crippen MR) is 106 cm³/mol. The van der Waals surface area contributed by atoms with Crippen LogP contribution in [0.15, 0.2) is 0 Å². The van der Waals surface area contributed by atoms with E-state index in [9.17, 15) is 14.4 Å². The van der Waals surface area contributed by atoms with Crippen molar-refractivity contribution < 1.29 is 28.6 Å². The van der Waals surface area contributed by atoms with E-state index in [0.717, 1.165) is 32.1 Å². The van der Waals surface area contributed by atoms with Crippen LogP contribution in [0.5, 0.6) is 0 Å². The lowest BCUT2D eigenvalue weighted by atomic mass is 9.96. The molecule has 0 aliphatic heterocycles. The molecule has 0 saturated heterocycles. The smallest absolute Gasteiger partial charge is 0.246 e. The number of hydrogen-bond donors (Lipinski definition) is 3. The van der Waals surface area contributed by atoms with E-state index in [-0.39, 0.29) is 36.9 Å². The van der Waals surface area contributed by atoms with Crippen molar-refractivity contribution in [2.24, 2.45) is 11.7 Å². The van der Waals surface area contributed by atoms with Crippen molar-refractivity contribution in [2.45, 2.75) is 46.0 Å². The minimum absolute atomic E-state index is 0.0196. The third kappa shape index (κ3) is 16.5. The first-order chi connectivity index (χ1) is 13.5. The van der Waals surface area contributed by atoms with Gasteiger partial charge in [-0.3, -0.25) is 14.4 Å². The summed E-state index contributed by atoms with van der Waals surface area (Å²) in [6, 6.07) is 0. The molecule has 0 aromatic rings. The Balaban J connectivity index is 3.44. The van der Waals surface area contributed by atoms with Gasteiger partial charge in [0.25, 0.3) is 0 Å². The van der Waals surface area contributed by atoms with Crippen LogP contribution in [0.4, 0.5) is 0 Å². The van der Waals surface area contributed by atoms with Crippen LogP contribution in [-0.4, -0.2) is 70.5 Å². The molecule has 9 nitrogen and oxygen atoms in total. The molecule has 0 aromatic heterocycles. The molecule has 0 radical (unpaired) electrons. The molecule has 0 aliphatic rings. The monoisotopic (exact) mass is 403 g/mol. The molecule has 0 unspecified atom stereocenters. The van der Waals surface area contributed by atoms with Crippen LogP contribution >= 0.6 is 0 Å². The topological polar surface area (TPSA) is 129 Å². The van der Waals surface area contributed by atoms with Crippen LogP contribution in [-0.2, 0) is 28.6 Å². The number of amides is 3. The van der Waals surface area contributed by atoms with Crippen LogP contribution in [0.1, 0.15) is 46.0 Å². The van der Waals surface area contributed by atoms with Crippen LogP contribution in [0.3, 0.4) is 0 Å². The van der Waals surface area contributed by atoms with Crippen molar-refractivity contribution in [1.82, 2.24) is 10.6 Å². The summed E-state index contributed by atoms with van der Waals surface area (Å²) in [7, 11) is 0. The quantitative estimate of drug-likeness (QED) is 0.267. The Morgan fingerprint density at radius 1 is 0.821 bits per heavy atom. The largest absolute Gasteiger partial charge is 0.377 e. The van der Waals surface area contributed by atoms with Gasteiger partial charge < -0.3 is 30.6 Å². The van der Waals surface area contributed by atoms with E-state index >= 15 is 0 Å². The molecule has 0 aromatic carbocycles. The maximum absolute atomic E-state index is 11.6. The Kier molecular flexibility index (Phi) is 17.5. The average molecular weight is 404 g/mol. The van der Waals surface area contributed by atoms with Crippen LogP contribution in [0, 0.1) is 5.92 Å². The zero-order chi connectivity index (χ0) is 21.0. The van der Waals surface area contributed by atoms with Gasteiger partial charge in [0.2, 0.25) is 17.7 Å². The van der Waals surface area contributed by atoms with Gasteiger partial charge in [-0.05, 0) is 26.2 Å². The predicted octanol–water partition coefficient (Wildman–Crippen LogP) is 0.360. The highest BCUT2D eigenvalue weighted by atomic mass is 16.5. The zero-order valence-electron chi connectivity index (χ0n) is 17.3. The highest BCUT2D eigenvalue weighted by Crippen LogP contribution is 2.13. The molecule has 4 N–H and O–H groups in total. The second-order valence-electron chi connectivity index (χ2n) is 6.39. The fourth-order valence-electron chi connectivity index (χ4n) is 2.47. The van der Waals surface area contributed by atoms with Gasteiger partial charge >= 0.3 is 0 Å². The molecule has 28 heavy (non-hydrogen) atoms. The standard InChI is InChI=1S/C19H37N3O6/c1-3-7-16(19(20)25)8-5-6-9-21-18(24)15-28-13-12-27-11-10-22-17(23)14-26-4-2/h16H,3-15H2,1-2H3,(H2,20,25)(H,21,24)(H,22,23)/t16-/m0/s1. The third-order valence-corrected chi connectivity index (χ3v) is 3.95. The maximum atomic E-state index is 11.6. The van der Waals surface area contributed by atoms with Crippen LogP contribution < -0.4 is 16.4 Å². The van der Waals surface area contributed by atoms with Gasteiger partial charge in [-0.2, -0.15) is 0 Å². The summed E-state index contributed by atoms with van der Waals surface area (Å²) in [5.74, 6) is -0.659. The number of nitrogens with one attached hydrogen (secondary N) is 2. The molecule has 164 valence electrons. The molecular weight excluding hydrogens is 366 g/mol. The van der Waals surface area contributed by atoms with Crippen molar-refractivity contribution in [3.8, 4) is 0 Å². The van der Waals surface area contributed by atoms with E-state index in [1.807, 2.05) is 13.8 Å². The molecule has 0 spiro atoms. The second-order valence-corrected chi connectivity index (χ2v) is 6.39. The number of primary amides is 1. The van der Waals surface area contributed by atoms with E-state index < -0.39 is 0 Å². The molecule has 3 amide bonds. The highest BCUT2D eigenvalue weighted by molar-refractivity contribution is 5.77. The second kappa shape index (κ2) is 18.6. The van der Waals surface area contributed by atoms with Crippen molar-refractivity contribution >= 4 is 17.7 Å². The van der Waals surface area contributed by atoms with Crippen molar-refractivity contribution in [1.29, 1.82) is 0 Å². The molecule has 9 heteroatoms. The Bertz CT molecular complexity index is 434. The van der Waals surface area contributed by atoms with Gasteiger partial charge in [0.15, 0.2) is 0 Å². The third-order valence-electron chi connectivity index (χ3n) is 3.95. The Hall–Kier alpha value is -1.71. The molecular formula is C19H37N3O6. The summed E-state index contributed by atoms with van der Waals surface area (Å²) in [5, 5.41) is 5.44. The fourth-order valence-corrected chi connectivity index (χ4v) is 2.47. The van der Waals surface area contributed by atoms with Gasteiger partial charge in [-0.25, -0.2) is 0 Å². The van der Waals surface area contributed by atoms with E-state index in [2.05, 4.69) is 10.6 Å². The minimum atomic E-state index is -0.241. The normalized spacial score (nSPS) is 11.8. The van der Waals surface area contributed by atoms with Gasteiger partial charge in [0, 0.05) is 25.6 Å². The first-order valence-electron chi connectivity index (χ1n) is 10.1. The Morgan fingerprint density at radius 2 is 1.46 bits per heavy atom. The highest BCUT2D eigenvalue weighted by Gasteiger charge is 2.13. The van der Waals surface area contributed by atoms with E-state index in [0.29, 0.717) is 39.5 Å². The summed E-state index contributed by atoms with van der Waals surface area (Å²) in [6.45, 7) is 6.38. The zero-order valence-corrected chi connectivity index (χ0v) is 17.3. The van der Waals surface area contributed by atoms with Crippen LogP contribution in [0.2, 0.25) is 0 Å². The molecule has 0 rings (SSSR count). The summed E-state index contributed by atoms with van der Waals surface area (Å²) in [4.78, 5) is 34.1. The van der Waals surface area contributed by atoms with Crippen molar-refractivity contribution in [3.63, 3.8) is 0 Å².